The molecule has 1 aromatic carbocycles. The summed E-state index contributed by atoms with van der Waals surface area (Å²) in [6.45, 7) is 7.68. The predicted molar refractivity (Wildman–Crippen MR) is 77.7 cm³/mol. The molecule has 0 aromatic heterocycles. The molecule has 1 saturated carbocycles. The Morgan fingerprint density at radius 2 is 2.15 bits per heavy atom. The minimum Gasteiger partial charge on any atom is -0.487 e. The van der Waals surface area contributed by atoms with Crippen molar-refractivity contribution in [3.63, 3.8) is 0 Å². The molecule has 0 radical (unpaired) electrons. The van der Waals surface area contributed by atoms with Gasteiger partial charge >= 0.3 is 0 Å². The number of nitrogens with one attached hydrogen (secondary N) is 1. The summed E-state index contributed by atoms with van der Waals surface area (Å²) in [5, 5.41) is 3.48. The Morgan fingerprint density at radius 1 is 1.35 bits per heavy atom. The van der Waals surface area contributed by atoms with Crippen LogP contribution in [0.25, 0.3) is 0 Å². The van der Waals surface area contributed by atoms with Gasteiger partial charge in [-0.15, -0.1) is 0 Å². The molecule has 0 spiro atoms. The lowest BCUT2D eigenvalue weighted by Crippen LogP contribution is -2.61. The van der Waals surface area contributed by atoms with E-state index in [1.54, 1.807) is 6.07 Å². The van der Waals surface area contributed by atoms with Gasteiger partial charge in [0.25, 0.3) is 0 Å². The van der Waals surface area contributed by atoms with Crippen LogP contribution in [-0.4, -0.2) is 31.4 Å². The molecule has 3 unspecified atom stereocenters. The lowest BCUT2D eigenvalue weighted by atomic mass is 9.85. The Morgan fingerprint density at radius 3 is 2.80 bits per heavy atom. The Bertz CT molecular complexity index is 438. The van der Waals surface area contributed by atoms with Gasteiger partial charge in [0.1, 0.15) is 23.8 Å². The summed E-state index contributed by atoms with van der Waals surface area (Å²) in [7, 11) is 0. The van der Waals surface area contributed by atoms with Crippen LogP contribution < -0.4 is 10.1 Å². The quantitative estimate of drug-likeness (QED) is 0.833. The highest BCUT2D eigenvalue weighted by Gasteiger charge is 2.43. The van der Waals surface area contributed by atoms with E-state index in [1.165, 1.54) is 12.1 Å². The molecule has 1 aromatic rings. The van der Waals surface area contributed by atoms with E-state index in [2.05, 4.69) is 12.2 Å². The zero-order valence-electron chi connectivity index (χ0n) is 12.5. The van der Waals surface area contributed by atoms with Crippen molar-refractivity contribution in [1.82, 2.24) is 5.32 Å². The second kappa shape index (κ2) is 7.04. The van der Waals surface area contributed by atoms with E-state index in [4.69, 9.17) is 9.47 Å². The van der Waals surface area contributed by atoms with Crippen LogP contribution in [0.15, 0.2) is 18.2 Å². The summed E-state index contributed by atoms with van der Waals surface area (Å²) < 4.78 is 24.8. The fourth-order valence-electron chi connectivity index (χ4n) is 2.55. The Labute approximate surface area is 120 Å². The third kappa shape index (κ3) is 3.49. The highest BCUT2D eigenvalue weighted by atomic mass is 19.1. The first-order chi connectivity index (χ1) is 9.65. The van der Waals surface area contributed by atoms with Crippen molar-refractivity contribution in [2.45, 2.75) is 51.9 Å². The first-order valence-electron chi connectivity index (χ1n) is 7.43. The lowest BCUT2D eigenvalue weighted by Gasteiger charge is -2.44. The monoisotopic (exact) mass is 281 g/mol. The maximum absolute atomic E-state index is 13.1. The highest BCUT2D eigenvalue weighted by molar-refractivity contribution is 5.33. The van der Waals surface area contributed by atoms with E-state index in [0.29, 0.717) is 12.6 Å². The second-order valence-electron chi connectivity index (χ2n) is 5.28. The van der Waals surface area contributed by atoms with Crippen molar-refractivity contribution >= 4 is 0 Å². The zero-order valence-corrected chi connectivity index (χ0v) is 12.5. The molecule has 0 aliphatic heterocycles. The molecule has 112 valence electrons. The number of hydrogen-bond donors (Lipinski definition) is 1. The van der Waals surface area contributed by atoms with Gasteiger partial charge in [0, 0.05) is 19.1 Å². The maximum atomic E-state index is 13.1. The molecular weight excluding hydrogens is 257 g/mol. The van der Waals surface area contributed by atoms with Crippen molar-refractivity contribution in [2.24, 2.45) is 0 Å². The van der Waals surface area contributed by atoms with E-state index in [9.17, 15) is 4.39 Å². The molecule has 1 aliphatic carbocycles. The molecule has 0 saturated heterocycles. The highest BCUT2D eigenvalue weighted by Crippen LogP contribution is 2.30. The second-order valence-corrected chi connectivity index (χ2v) is 5.28. The van der Waals surface area contributed by atoms with Crippen LogP contribution in [0.5, 0.6) is 5.75 Å². The molecule has 0 amide bonds. The standard InChI is InChI=1S/C16H24FNO2/c1-4-8-18-13-10-15(16(13)19-5-2)20-14-7-6-12(17)9-11(14)3/h6-7,9,13,15-16,18H,4-5,8,10H2,1-3H3. The van der Waals surface area contributed by atoms with E-state index in [-0.39, 0.29) is 18.0 Å². The van der Waals surface area contributed by atoms with Crippen molar-refractivity contribution in [2.75, 3.05) is 13.2 Å². The summed E-state index contributed by atoms with van der Waals surface area (Å²) in [5.41, 5.74) is 0.824. The number of rotatable bonds is 7. The SMILES string of the molecule is CCCNC1CC(Oc2ccc(F)cc2C)C1OCC. The van der Waals surface area contributed by atoms with Crippen molar-refractivity contribution in [1.29, 1.82) is 0 Å². The summed E-state index contributed by atoms with van der Waals surface area (Å²) in [6.07, 6.45) is 2.17. The molecule has 3 atom stereocenters. The van der Waals surface area contributed by atoms with Gasteiger partial charge in [-0.05, 0) is 50.6 Å². The fourth-order valence-corrected chi connectivity index (χ4v) is 2.55. The Hall–Kier alpha value is -1.13. The molecule has 20 heavy (non-hydrogen) atoms. The van der Waals surface area contributed by atoms with Gasteiger partial charge in [0.2, 0.25) is 0 Å². The van der Waals surface area contributed by atoms with Gasteiger partial charge in [-0.1, -0.05) is 6.92 Å². The van der Waals surface area contributed by atoms with Crippen LogP contribution in [0, 0.1) is 12.7 Å². The molecule has 4 heteroatoms. The molecule has 1 fully saturated rings. The molecule has 1 aliphatic rings. The average Bonchev–Trinajstić information content (AvgIpc) is 2.41. The number of ether oxygens (including phenoxy) is 2. The van der Waals surface area contributed by atoms with Crippen molar-refractivity contribution in [3.8, 4) is 5.75 Å². The topological polar surface area (TPSA) is 30.5 Å². The van der Waals surface area contributed by atoms with Gasteiger partial charge in [-0.3, -0.25) is 0 Å². The summed E-state index contributed by atoms with van der Waals surface area (Å²) in [6, 6.07) is 4.99. The zero-order chi connectivity index (χ0) is 14.5. The van der Waals surface area contributed by atoms with Gasteiger partial charge in [-0.2, -0.15) is 0 Å². The van der Waals surface area contributed by atoms with Crippen molar-refractivity contribution < 1.29 is 13.9 Å². The largest absolute Gasteiger partial charge is 0.487 e. The number of hydrogen-bond acceptors (Lipinski definition) is 3. The minimum atomic E-state index is -0.229. The number of aryl methyl sites for hydroxylation is 1. The minimum absolute atomic E-state index is 0.0495. The van der Waals surface area contributed by atoms with Gasteiger partial charge in [0.05, 0.1) is 0 Å². The average molecular weight is 281 g/mol. The van der Waals surface area contributed by atoms with Gasteiger partial charge in [-0.25, -0.2) is 4.39 Å². The lowest BCUT2D eigenvalue weighted by molar-refractivity contribution is -0.104. The van der Waals surface area contributed by atoms with E-state index >= 15 is 0 Å². The number of halogens is 1. The Balaban J connectivity index is 1.95. The summed E-state index contributed by atoms with van der Waals surface area (Å²) in [4.78, 5) is 0. The van der Waals surface area contributed by atoms with Crippen LogP contribution in [0.1, 0.15) is 32.3 Å². The van der Waals surface area contributed by atoms with Crippen LogP contribution in [0.2, 0.25) is 0 Å². The van der Waals surface area contributed by atoms with Crippen LogP contribution in [-0.2, 0) is 4.74 Å². The Kier molecular flexibility index (Phi) is 5.38. The van der Waals surface area contributed by atoms with E-state index in [1.807, 2.05) is 13.8 Å². The summed E-state index contributed by atoms with van der Waals surface area (Å²) in [5.74, 6) is 0.516. The van der Waals surface area contributed by atoms with E-state index < -0.39 is 0 Å². The van der Waals surface area contributed by atoms with Crippen LogP contribution >= 0.6 is 0 Å². The molecule has 3 nitrogen and oxygen atoms in total. The first-order valence-corrected chi connectivity index (χ1v) is 7.43. The molecule has 0 heterocycles. The normalized spacial score (nSPS) is 25.3. The number of benzene rings is 1. The maximum Gasteiger partial charge on any atom is 0.128 e. The van der Waals surface area contributed by atoms with Gasteiger partial charge in [0.15, 0.2) is 0 Å². The third-order valence-corrected chi connectivity index (χ3v) is 3.68. The van der Waals surface area contributed by atoms with Crippen molar-refractivity contribution in [3.05, 3.63) is 29.6 Å². The molecule has 2 rings (SSSR count). The smallest absolute Gasteiger partial charge is 0.128 e. The third-order valence-electron chi connectivity index (χ3n) is 3.68. The van der Waals surface area contributed by atoms with Crippen LogP contribution in [0.4, 0.5) is 4.39 Å². The fraction of sp³-hybridized carbons (Fsp3) is 0.625. The van der Waals surface area contributed by atoms with E-state index in [0.717, 1.165) is 30.7 Å². The summed E-state index contributed by atoms with van der Waals surface area (Å²) >= 11 is 0. The predicted octanol–water partition coefficient (Wildman–Crippen LogP) is 3.06. The van der Waals surface area contributed by atoms with Gasteiger partial charge < -0.3 is 14.8 Å². The first kappa shape index (κ1) is 15.3. The molecular formula is C16H24FNO2. The van der Waals surface area contributed by atoms with Crippen LogP contribution in [0.3, 0.4) is 0 Å². The molecule has 0 bridgehead atoms. The molecule has 1 N–H and O–H groups in total.